The maximum Gasteiger partial charge on any atom is 0.423 e. The molecular weight excluding hydrogens is 348 g/mol. The number of amides is 1. The van der Waals surface area contributed by atoms with Gasteiger partial charge in [-0.15, -0.1) is 0 Å². The average molecular weight is 372 g/mol. The van der Waals surface area contributed by atoms with E-state index in [4.69, 9.17) is 0 Å². The fourth-order valence-corrected chi connectivity index (χ4v) is 3.45. The monoisotopic (exact) mass is 372 g/mol. The summed E-state index contributed by atoms with van der Waals surface area (Å²) in [5.41, 5.74) is 3.49. The van der Waals surface area contributed by atoms with Crippen LogP contribution in [0.4, 0.5) is 10.6 Å². The van der Waals surface area contributed by atoms with Crippen LogP contribution in [0.25, 0.3) is 11.2 Å². The Bertz CT molecular complexity index is 850. The molecule has 0 radical (unpaired) electrons. The molecule has 27 heavy (non-hydrogen) atoms. The fraction of sp³-hybridized carbons (Fsp3) is 0.588. The summed E-state index contributed by atoms with van der Waals surface area (Å²) in [6.07, 6.45) is 5.18. The summed E-state index contributed by atoms with van der Waals surface area (Å²) >= 11 is 0. The summed E-state index contributed by atoms with van der Waals surface area (Å²) in [6, 6.07) is 1.97. The summed E-state index contributed by atoms with van der Waals surface area (Å²) in [6.45, 7) is 1.61. The second-order valence-corrected chi connectivity index (χ2v) is 6.97. The Kier molecular flexibility index (Phi) is 5.71. The molecule has 0 aliphatic heterocycles. The number of rotatable bonds is 7. The SMILES string of the molecule is CN(C)CCCn1cnc2c(N(NC(=O)O)C3CCCC3)nc(C#N)nc21. The highest BCUT2D eigenvalue weighted by Gasteiger charge is 2.29. The fourth-order valence-electron chi connectivity index (χ4n) is 3.45. The second kappa shape index (κ2) is 8.18. The van der Waals surface area contributed by atoms with Crippen LogP contribution in [0.3, 0.4) is 0 Å². The third-order valence-electron chi connectivity index (χ3n) is 4.68. The third-order valence-corrected chi connectivity index (χ3v) is 4.68. The van der Waals surface area contributed by atoms with Gasteiger partial charge in [0.1, 0.15) is 6.07 Å². The highest BCUT2D eigenvalue weighted by molar-refractivity contribution is 5.85. The van der Waals surface area contributed by atoms with Gasteiger partial charge in [-0.2, -0.15) is 15.2 Å². The third kappa shape index (κ3) is 4.25. The Morgan fingerprint density at radius 3 is 2.78 bits per heavy atom. The van der Waals surface area contributed by atoms with Crippen LogP contribution in [0.2, 0.25) is 0 Å². The van der Waals surface area contributed by atoms with Gasteiger partial charge >= 0.3 is 6.09 Å². The van der Waals surface area contributed by atoms with Crippen molar-refractivity contribution in [3.8, 4) is 6.07 Å². The van der Waals surface area contributed by atoms with Crippen LogP contribution in [-0.4, -0.2) is 62.3 Å². The maximum atomic E-state index is 11.3. The minimum absolute atomic E-state index is 0.00189. The lowest BCUT2D eigenvalue weighted by Crippen LogP contribution is -2.48. The van der Waals surface area contributed by atoms with E-state index in [-0.39, 0.29) is 11.9 Å². The maximum absolute atomic E-state index is 11.3. The summed E-state index contributed by atoms with van der Waals surface area (Å²) in [4.78, 5) is 26.5. The molecule has 0 spiro atoms. The number of fused-ring (bicyclic) bond motifs is 1. The number of hydrogen-bond acceptors (Lipinski definition) is 7. The number of nitriles is 1. The molecule has 2 heterocycles. The topological polar surface area (TPSA) is 123 Å². The number of carbonyl (C=O) groups is 1. The van der Waals surface area contributed by atoms with Crippen molar-refractivity contribution >= 4 is 23.1 Å². The zero-order valence-corrected chi connectivity index (χ0v) is 15.6. The molecule has 1 fully saturated rings. The molecule has 2 aromatic heterocycles. The van der Waals surface area contributed by atoms with E-state index < -0.39 is 6.09 Å². The Balaban J connectivity index is 2.01. The van der Waals surface area contributed by atoms with Crippen LogP contribution in [0, 0.1) is 11.3 Å². The van der Waals surface area contributed by atoms with Crippen LogP contribution in [0.5, 0.6) is 0 Å². The molecule has 10 nitrogen and oxygen atoms in total. The average Bonchev–Trinajstić information content (AvgIpc) is 3.28. The van der Waals surface area contributed by atoms with Gasteiger partial charge < -0.3 is 14.6 Å². The molecule has 0 aromatic carbocycles. The number of aryl methyl sites for hydroxylation is 1. The Labute approximate surface area is 157 Å². The Hall–Kier alpha value is -2.93. The number of aromatic nitrogens is 4. The van der Waals surface area contributed by atoms with E-state index in [1.807, 2.05) is 24.7 Å². The molecule has 3 rings (SSSR count). The number of carboxylic acid groups (broad SMARTS) is 1. The second-order valence-electron chi connectivity index (χ2n) is 6.97. The lowest BCUT2D eigenvalue weighted by molar-refractivity contribution is 0.191. The predicted molar refractivity (Wildman–Crippen MR) is 99.1 cm³/mol. The van der Waals surface area contributed by atoms with E-state index in [1.54, 1.807) is 6.33 Å². The molecule has 10 heteroatoms. The largest absolute Gasteiger partial charge is 0.464 e. The van der Waals surface area contributed by atoms with Crippen molar-refractivity contribution in [2.45, 2.75) is 44.7 Å². The molecule has 0 atom stereocenters. The zero-order chi connectivity index (χ0) is 19.4. The highest BCUT2D eigenvalue weighted by atomic mass is 16.4. The van der Waals surface area contributed by atoms with Crippen molar-refractivity contribution in [2.24, 2.45) is 0 Å². The van der Waals surface area contributed by atoms with Crippen molar-refractivity contribution in [1.82, 2.24) is 29.8 Å². The van der Waals surface area contributed by atoms with Crippen LogP contribution >= 0.6 is 0 Å². The summed E-state index contributed by atoms with van der Waals surface area (Å²) in [5, 5.41) is 20.2. The number of imidazole rings is 1. The van der Waals surface area contributed by atoms with Gasteiger partial charge in [0, 0.05) is 6.54 Å². The molecule has 0 unspecified atom stereocenters. The molecule has 2 N–H and O–H groups in total. The van der Waals surface area contributed by atoms with Crippen LogP contribution in [-0.2, 0) is 6.54 Å². The van der Waals surface area contributed by atoms with Crippen molar-refractivity contribution in [3.05, 3.63) is 12.2 Å². The zero-order valence-electron chi connectivity index (χ0n) is 15.6. The van der Waals surface area contributed by atoms with Crippen LogP contribution in [0.1, 0.15) is 37.9 Å². The molecular formula is C17H24N8O2. The van der Waals surface area contributed by atoms with Crippen molar-refractivity contribution < 1.29 is 9.90 Å². The molecule has 1 saturated carbocycles. The van der Waals surface area contributed by atoms with Gasteiger partial charge in [0.05, 0.1) is 12.4 Å². The first kappa shape index (κ1) is 18.8. The summed E-state index contributed by atoms with van der Waals surface area (Å²) < 4.78 is 1.89. The first-order valence-electron chi connectivity index (χ1n) is 9.06. The highest BCUT2D eigenvalue weighted by Crippen LogP contribution is 2.29. The Morgan fingerprint density at radius 1 is 1.41 bits per heavy atom. The number of hydrogen-bond donors (Lipinski definition) is 2. The van der Waals surface area contributed by atoms with Crippen LogP contribution < -0.4 is 10.4 Å². The van der Waals surface area contributed by atoms with Gasteiger partial charge in [-0.1, -0.05) is 12.8 Å². The quantitative estimate of drug-likeness (QED) is 0.702. The van der Waals surface area contributed by atoms with Gasteiger partial charge in [0.2, 0.25) is 5.82 Å². The first-order valence-corrected chi connectivity index (χ1v) is 9.06. The lowest BCUT2D eigenvalue weighted by atomic mass is 10.2. The summed E-state index contributed by atoms with van der Waals surface area (Å²) in [7, 11) is 4.02. The van der Waals surface area contributed by atoms with E-state index in [0.717, 1.165) is 38.6 Å². The smallest absolute Gasteiger partial charge is 0.423 e. The number of anilines is 1. The predicted octanol–water partition coefficient (Wildman–Crippen LogP) is 1.58. The number of nitrogens with zero attached hydrogens (tertiary/aromatic N) is 7. The minimum Gasteiger partial charge on any atom is -0.464 e. The molecule has 2 aromatic rings. The van der Waals surface area contributed by atoms with Crippen LogP contribution in [0.15, 0.2) is 6.33 Å². The number of nitrogens with one attached hydrogen (secondary N) is 1. The molecule has 1 aliphatic carbocycles. The van der Waals surface area contributed by atoms with Gasteiger partial charge in [0.25, 0.3) is 0 Å². The van der Waals surface area contributed by atoms with Gasteiger partial charge in [-0.05, 0) is 39.9 Å². The van der Waals surface area contributed by atoms with Gasteiger partial charge in [0.15, 0.2) is 17.0 Å². The van der Waals surface area contributed by atoms with Gasteiger partial charge in [-0.3, -0.25) is 5.01 Å². The van der Waals surface area contributed by atoms with E-state index in [2.05, 4.69) is 25.3 Å². The van der Waals surface area contributed by atoms with E-state index in [0.29, 0.717) is 23.5 Å². The van der Waals surface area contributed by atoms with Gasteiger partial charge in [-0.25, -0.2) is 15.2 Å². The van der Waals surface area contributed by atoms with Crippen molar-refractivity contribution in [3.63, 3.8) is 0 Å². The standard InChI is InChI=1S/C17H24N8O2/c1-23(2)8-5-9-24-11-19-14-15(24)20-13(10-18)21-16(14)25(22-17(26)27)12-6-3-4-7-12/h11-12,22H,3-9H2,1-2H3,(H,26,27). The normalized spacial score (nSPS) is 14.6. The number of hydrazine groups is 1. The van der Waals surface area contributed by atoms with E-state index in [9.17, 15) is 15.2 Å². The molecule has 0 saturated heterocycles. The molecule has 144 valence electrons. The summed E-state index contributed by atoms with van der Waals surface area (Å²) in [5.74, 6) is 0.347. The Morgan fingerprint density at radius 2 is 2.15 bits per heavy atom. The first-order chi connectivity index (χ1) is 13.0. The minimum atomic E-state index is -1.17. The van der Waals surface area contributed by atoms with Crippen molar-refractivity contribution in [1.29, 1.82) is 5.26 Å². The molecule has 0 bridgehead atoms. The molecule has 1 aliphatic rings. The molecule has 1 amide bonds. The van der Waals surface area contributed by atoms with E-state index in [1.165, 1.54) is 5.01 Å². The van der Waals surface area contributed by atoms with E-state index >= 15 is 0 Å². The van der Waals surface area contributed by atoms with Crippen molar-refractivity contribution in [2.75, 3.05) is 25.6 Å². The lowest BCUT2D eigenvalue weighted by Gasteiger charge is -2.28.